The fourth-order valence-corrected chi connectivity index (χ4v) is 4.05. The smallest absolute Gasteiger partial charge is 0.480 e. The van der Waals surface area contributed by atoms with Gasteiger partial charge in [-0.05, 0) is 49.2 Å². The number of aliphatic carboxylic acids is 1. The molecule has 0 bridgehead atoms. The van der Waals surface area contributed by atoms with Gasteiger partial charge in [-0.1, -0.05) is 0 Å². The molecule has 2 atom stereocenters. The Labute approximate surface area is 310 Å². The van der Waals surface area contributed by atoms with Crippen LogP contribution in [0, 0.1) is 0 Å². The standard InChI is InChI=1S/C32H36N4O19/c1-36(47)24(37)11-8-19(28(41)42)35-27(40)18(34-26(39)17-7-10-21(53-30(44)49-3)23(15-17)55-32(46)51-5)12-13-33-25(38)16-6-9-20(52-29(43)48-2)22(14-16)54-31(45)50-4/h6-7,9-10,14-15,18-19,47H,8,11-13H2,1-5H3,(H,33,38)(H,34,39)(H,35,40)(H,41,42)/t18-,19-/m0/s1. The van der Waals surface area contributed by atoms with E-state index in [2.05, 4.69) is 34.9 Å². The molecule has 2 aromatic rings. The van der Waals surface area contributed by atoms with Crippen molar-refractivity contribution in [1.29, 1.82) is 0 Å². The molecule has 0 aliphatic carbocycles. The van der Waals surface area contributed by atoms with Crippen molar-refractivity contribution in [1.82, 2.24) is 21.0 Å². The van der Waals surface area contributed by atoms with Gasteiger partial charge in [0.05, 0.1) is 28.4 Å². The molecule has 298 valence electrons. The van der Waals surface area contributed by atoms with Gasteiger partial charge in [-0.3, -0.25) is 24.4 Å². The molecule has 0 fully saturated rings. The second-order valence-electron chi connectivity index (χ2n) is 10.5. The molecule has 5 N–H and O–H groups in total. The molecule has 2 rings (SSSR count). The highest BCUT2D eigenvalue weighted by atomic mass is 16.8. The zero-order valence-corrected chi connectivity index (χ0v) is 29.7. The van der Waals surface area contributed by atoms with Gasteiger partial charge < -0.3 is 59.0 Å². The highest BCUT2D eigenvalue weighted by molar-refractivity contribution is 5.99. The number of carboxylic acid groups (broad SMARTS) is 1. The fourth-order valence-electron chi connectivity index (χ4n) is 4.05. The van der Waals surface area contributed by atoms with Crippen LogP contribution in [0.1, 0.15) is 40.0 Å². The SMILES string of the molecule is COC(=O)Oc1ccc(C(=O)NCC[C@H](NC(=O)c2ccc(OC(=O)OC)c(OC(=O)OC)c2)C(=O)N[C@@H](CCC(=O)N(C)O)C(=O)O)cc1OC(=O)OC. The number of carbonyl (C=O) groups is 9. The Morgan fingerprint density at radius 2 is 1.05 bits per heavy atom. The zero-order valence-electron chi connectivity index (χ0n) is 29.7. The van der Waals surface area contributed by atoms with Gasteiger partial charge in [-0.25, -0.2) is 29.0 Å². The van der Waals surface area contributed by atoms with Crippen molar-refractivity contribution < 1.29 is 91.4 Å². The van der Waals surface area contributed by atoms with Crippen molar-refractivity contribution in [3.63, 3.8) is 0 Å². The number of nitrogens with zero attached hydrogens (tertiary/aromatic N) is 1. The van der Waals surface area contributed by atoms with Gasteiger partial charge in [0.25, 0.3) is 11.8 Å². The average Bonchev–Trinajstić information content (AvgIpc) is 3.16. The van der Waals surface area contributed by atoms with E-state index in [1.807, 2.05) is 0 Å². The van der Waals surface area contributed by atoms with Crippen LogP contribution in [0.2, 0.25) is 0 Å². The number of carboxylic acids is 1. The van der Waals surface area contributed by atoms with E-state index in [9.17, 15) is 53.5 Å². The van der Waals surface area contributed by atoms with Crippen LogP contribution < -0.4 is 34.9 Å². The van der Waals surface area contributed by atoms with Crippen LogP contribution in [0.25, 0.3) is 0 Å². The lowest BCUT2D eigenvalue weighted by Gasteiger charge is -2.22. The van der Waals surface area contributed by atoms with Gasteiger partial charge in [0.1, 0.15) is 12.1 Å². The van der Waals surface area contributed by atoms with Crippen LogP contribution >= 0.6 is 0 Å². The lowest BCUT2D eigenvalue weighted by molar-refractivity contribution is -0.159. The summed E-state index contributed by atoms with van der Waals surface area (Å²) in [5.41, 5.74) is -0.435. The molecule has 2 aromatic carbocycles. The molecule has 55 heavy (non-hydrogen) atoms. The molecule has 0 unspecified atom stereocenters. The van der Waals surface area contributed by atoms with Gasteiger partial charge >= 0.3 is 30.6 Å². The molecule has 0 spiro atoms. The molecule has 23 heteroatoms. The third-order valence-electron chi connectivity index (χ3n) is 6.81. The molecule has 23 nitrogen and oxygen atoms in total. The quantitative estimate of drug-likeness (QED) is 0.0528. The molecule has 0 aliphatic heterocycles. The Balaban J connectivity index is 2.38. The van der Waals surface area contributed by atoms with E-state index < -0.39 is 97.1 Å². The number of rotatable bonds is 16. The molecule has 0 saturated heterocycles. The molecule has 4 amide bonds. The number of nitrogens with one attached hydrogen (secondary N) is 3. The molecule has 0 aliphatic rings. The normalized spacial score (nSPS) is 11.2. The lowest BCUT2D eigenvalue weighted by atomic mass is 10.1. The Bertz CT molecular complexity index is 1780. The van der Waals surface area contributed by atoms with E-state index in [0.29, 0.717) is 0 Å². The van der Waals surface area contributed by atoms with Gasteiger partial charge in [-0.2, -0.15) is 0 Å². The van der Waals surface area contributed by atoms with Crippen LogP contribution in [-0.4, -0.2) is 124 Å². The summed E-state index contributed by atoms with van der Waals surface area (Å²) in [6, 6.07) is 3.11. The van der Waals surface area contributed by atoms with E-state index in [1.165, 1.54) is 6.07 Å². The van der Waals surface area contributed by atoms with Crippen LogP contribution in [0.3, 0.4) is 0 Å². The number of benzene rings is 2. The van der Waals surface area contributed by atoms with Crippen molar-refractivity contribution in [3.8, 4) is 23.0 Å². The first-order valence-electron chi connectivity index (χ1n) is 15.4. The Morgan fingerprint density at radius 3 is 1.47 bits per heavy atom. The maximum Gasteiger partial charge on any atom is 0.513 e. The third kappa shape index (κ3) is 14.1. The molecular formula is C32H36N4O19. The van der Waals surface area contributed by atoms with Crippen molar-refractivity contribution in [3.05, 3.63) is 47.5 Å². The molecule has 0 heterocycles. The number of amides is 4. The summed E-state index contributed by atoms with van der Waals surface area (Å²) in [5, 5.41) is 26.2. The fraction of sp³-hybridized carbons (Fsp3) is 0.344. The minimum absolute atomic E-state index is 0.155. The van der Waals surface area contributed by atoms with Crippen molar-refractivity contribution in [2.45, 2.75) is 31.3 Å². The number of methoxy groups -OCH3 is 4. The molecule has 0 saturated carbocycles. The summed E-state index contributed by atoms with van der Waals surface area (Å²) < 4.78 is 37.4. The Hall–Kier alpha value is -7.17. The first kappa shape index (κ1) is 44.0. The summed E-state index contributed by atoms with van der Waals surface area (Å²) >= 11 is 0. The Kier molecular flexibility index (Phi) is 17.1. The summed E-state index contributed by atoms with van der Waals surface area (Å²) in [4.78, 5) is 110. The molecule has 0 radical (unpaired) electrons. The average molecular weight is 781 g/mol. The minimum atomic E-state index is -1.68. The number of hydrogen-bond acceptors (Lipinski definition) is 18. The van der Waals surface area contributed by atoms with E-state index in [0.717, 1.165) is 65.8 Å². The van der Waals surface area contributed by atoms with Crippen LogP contribution in [0.15, 0.2) is 36.4 Å². The highest BCUT2D eigenvalue weighted by Crippen LogP contribution is 2.30. The summed E-state index contributed by atoms with van der Waals surface area (Å²) in [6.45, 7) is -0.376. The second-order valence-corrected chi connectivity index (χ2v) is 10.5. The summed E-state index contributed by atoms with van der Waals surface area (Å²) in [7, 11) is 5.03. The lowest BCUT2D eigenvalue weighted by Crippen LogP contribution is -2.52. The van der Waals surface area contributed by atoms with Crippen LogP contribution in [0.4, 0.5) is 19.2 Å². The van der Waals surface area contributed by atoms with E-state index in [-0.39, 0.29) is 34.2 Å². The number of ether oxygens (including phenoxy) is 8. The first-order valence-corrected chi connectivity index (χ1v) is 15.4. The highest BCUT2D eigenvalue weighted by Gasteiger charge is 2.29. The summed E-state index contributed by atoms with van der Waals surface area (Å²) in [6.07, 6.45) is -6.23. The predicted octanol–water partition coefficient (Wildman–Crippen LogP) is 1.38. The largest absolute Gasteiger partial charge is 0.513 e. The van der Waals surface area contributed by atoms with E-state index in [4.69, 9.17) is 18.9 Å². The number of hydroxylamine groups is 2. The predicted molar refractivity (Wildman–Crippen MR) is 177 cm³/mol. The van der Waals surface area contributed by atoms with Crippen LogP contribution in [0.5, 0.6) is 23.0 Å². The number of carbonyl (C=O) groups excluding carboxylic acids is 8. The minimum Gasteiger partial charge on any atom is -0.480 e. The molecule has 0 aromatic heterocycles. The van der Waals surface area contributed by atoms with Crippen LogP contribution in [-0.2, 0) is 33.3 Å². The van der Waals surface area contributed by atoms with E-state index in [1.54, 1.807) is 0 Å². The number of hydrogen-bond donors (Lipinski definition) is 5. The van der Waals surface area contributed by atoms with Gasteiger partial charge in [-0.15, -0.1) is 0 Å². The first-order chi connectivity index (χ1) is 26.0. The second kappa shape index (κ2) is 21.4. The van der Waals surface area contributed by atoms with Crippen molar-refractivity contribution >= 4 is 54.2 Å². The Morgan fingerprint density at radius 1 is 0.618 bits per heavy atom. The topological polar surface area (TPSA) is 307 Å². The maximum absolute atomic E-state index is 13.4. The van der Waals surface area contributed by atoms with Crippen molar-refractivity contribution in [2.24, 2.45) is 0 Å². The van der Waals surface area contributed by atoms with E-state index >= 15 is 0 Å². The van der Waals surface area contributed by atoms with Crippen molar-refractivity contribution in [2.75, 3.05) is 42.0 Å². The zero-order chi connectivity index (χ0) is 41.2. The van der Waals surface area contributed by atoms with Gasteiger partial charge in [0.15, 0.2) is 23.0 Å². The van der Waals surface area contributed by atoms with Gasteiger partial charge in [0, 0.05) is 31.1 Å². The third-order valence-corrected chi connectivity index (χ3v) is 6.81. The monoisotopic (exact) mass is 780 g/mol. The molecular weight excluding hydrogens is 744 g/mol. The maximum atomic E-state index is 13.4. The summed E-state index contributed by atoms with van der Waals surface area (Å²) in [5.74, 6) is -6.94. The van der Waals surface area contributed by atoms with Gasteiger partial charge in [0.2, 0.25) is 11.8 Å².